The van der Waals surface area contributed by atoms with Crippen LogP contribution in [0.3, 0.4) is 0 Å². The van der Waals surface area contributed by atoms with Gasteiger partial charge in [-0.25, -0.2) is 5.01 Å². The van der Waals surface area contributed by atoms with Crippen LogP contribution in [0.2, 0.25) is 0 Å². The number of rotatable bonds is 3. The van der Waals surface area contributed by atoms with E-state index in [9.17, 15) is 55.0 Å². The maximum Gasteiger partial charge on any atom is 0.416 e. The molecule has 3 atom stereocenters. The van der Waals surface area contributed by atoms with E-state index in [0.29, 0.717) is 11.1 Å². The third-order valence-corrected chi connectivity index (χ3v) is 5.16. The standard InChI is InChI=1S/C21H14F9N3O2/c1-9-2-11(19(22,23)24)7-14(3-9)33-18(35)16(15(8-31)32-33)17(34)10-4-12(20(25,26)27)6-13(5-10)21(28,29)30/h2-7,16-18,34-35H,1H3. The van der Waals surface area contributed by atoms with Crippen LogP contribution in [-0.4, -0.2) is 22.2 Å². The summed E-state index contributed by atoms with van der Waals surface area (Å²) < 4.78 is 119. The summed E-state index contributed by atoms with van der Waals surface area (Å²) in [5, 5.41) is 34.8. The summed E-state index contributed by atoms with van der Waals surface area (Å²) in [6.45, 7) is 1.30. The topological polar surface area (TPSA) is 79.9 Å². The van der Waals surface area contributed by atoms with Crippen LogP contribution in [0, 0.1) is 24.2 Å². The molecule has 1 aliphatic rings. The lowest BCUT2D eigenvalue weighted by Crippen LogP contribution is -2.36. The van der Waals surface area contributed by atoms with Gasteiger partial charge in [0.15, 0.2) is 6.23 Å². The number of hydrazone groups is 1. The van der Waals surface area contributed by atoms with Gasteiger partial charge in [-0.05, 0) is 54.4 Å². The number of hydrogen-bond acceptors (Lipinski definition) is 5. The Morgan fingerprint density at radius 2 is 1.34 bits per heavy atom. The molecule has 0 amide bonds. The zero-order chi connectivity index (χ0) is 26.5. The highest BCUT2D eigenvalue weighted by Gasteiger charge is 2.45. The van der Waals surface area contributed by atoms with E-state index in [1.807, 2.05) is 0 Å². The van der Waals surface area contributed by atoms with Crippen LogP contribution in [0.15, 0.2) is 41.5 Å². The van der Waals surface area contributed by atoms with Crippen molar-refractivity contribution in [1.29, 1.82) is 5.26 Å². The molecule has 188 valence electrons. The second-order valence-electron chi connectivity index (χ2n) is 7.72. The van der Waals surface area contributed by atoms with Gasteiger partial charge in [0.05, 0.1) is 34.4 Å². The summed E-state index contributed by atoms with van der Waals surface area (Å²) in [6.07, 6.45) is -19.6. The largest absolute Gasteiger partial charge is 0.416 e. The molecule has 0 spiro atoms. The Morgan fingerprint density at radius 3 is 1.80 bits per heavy atom. The van der Waals surface area contributed by atoms with E-state index < -0.39 is 64.7 Å². The minimum Gasteiger partial charge on any atom is -0.388 e. The van der Waals surface area contributed by atoms with Gasteiger partial charge in [-0.1, -0.05) is 0 Å². The SMILES string of the molecule is Cc1cc(N2N=C(C#N)C(C(O)c3cc(C(F)(F)F)cc(C(F)(F)F)c3)C2O)cc(C(F)(F)F)c1. The van der Waals surface area contributed by atoms with Gasteiger partial charge in [-0.2, -0.15) is 49.9 Å². The summed E-state index contributed by atoms with van der Waals surface area (Å²) in [7, 11) is 0. The maximum atomic E-state index is 13.2. The number of aliphatic hydroxyl groups excluding tert-OH is 2. The Morgan fingerprint density at radius 1 is 0.857 bits per heavy atom. The fourth-order valence-corrected chi connectivity index (χ4v) is 3.57. The highest BCUT2D eigenvalue weighted by atomic mass is 19.4. The first kappa shape index (κ1) is 26.3. The Kier molecular flexibility index (Phi) is 6.55. The smallest absolute Gasteiger partial charge is 0.388 e. The van der Waals surface area contributed by atoms with Crippen molar-refractivity contribution in [2.75, 3.05) is 5.01 Å². The summed E-state index contributed by atoms with van der Waals surface area (Å²) >= 11 is 0. The van der Waals surface area contributed by atoms with E-state index in [0.717, 1.165) is 12.1 Å². The highest BCUT2D eigenvalue weighted by molar-refractivity contribution is 6.03. The molecule has 1 aliphatic heterocycles. The van der Waals surface area contributed by atoms with Crippen LogP contribution >= 0.6 is 0 Å². The molecule has 2 aromatic carbocycles. The molecule has 2 N–H and O–H groups in total. The molecule has 0 saturated carbocycles. The quantitative estimate of drug-likeness (QED) is 0.540. The van der Waals surface area contributed by atoms with Crippen molar-refractivity contribution in [3.8, 4) is 6.07 Å². The van der Waals surface area contributed by atoms with Gasteiger partial charge in [0.25, 0.3) is 0 Å². The fraction of sp³-hybridized carbons (Fsp3) is 0.333. The Bertz CT molecular complexity index is 1160. The summed E-state index contributed by atoms with van der Waals surface area (Å²) in [5.74, 6) is -1.88. The number of aliphatic hydroxyl groups is 2. The lowest BCUT2D eigenvalue weighted by atomic mass is 9.89. The van der Waals surface area contributed by atoms with Gasteiger partial charge in [0.1, 0.15) is 11.8 Å². The van der Waals surface area contributed by atoms with E-state index in [1.54, 1.807) is 0 Å². The van der Waals surface area contributed by atoms with E-state index in [-0.39, 0.29) is 29.4 Å². The van der Waals surface area contributed by atoms with Gasteiger partial charge >= 0.3 is 18.5 Å². The number of nitrogens with zero attached hydrogens (tertiary/aromatic N) is 3. The van der Waals surface area contributed by atoms with Gasteiger partial charge in [-0.3, -0.25) is 0 Å². The number of hydrogen-bond donors (Lipinski definition) is 2. The first-order valence-electron chi connectivity index (χ1n) is 9.55. The third kappa shape index (κ3) is 5.35. The molecule has 2 aromatic rings. The van der Waals surface area contributed by atoms with E-state index in [4.69, 9.17) is 0 Å². The fourth-order valence-electron chi connectivity index (χ4n) is 3.57. The maximum absolute atomic E-state index is 13.2. The number of aryl methyl sites for hydroxylation is 1. The second-order valence-corrected chi connectivity index (χ2v) is 7.72. The van der Waals surface area contributed by atoms with Crippen LogP contribution in [0.5, 0.6) is 0 Å². The number of benzene rings is 2. The van der Waals surface area contributed by atoms with Gasteiger partial charge in [-0.15, -0.1) is 0 Å². The number of halogens is 9. The van der Waals surface area contributed by atoms with Crippen LogP contribution in [0.1, 0.15) is 33.9 Å². The van der Waals surface area contributed by atoms with Crippen molar-refractivity contribution in [3.05, 3.63) is 64.2 Å². The zero-order valence-electron chi connectivity index (χ0n) is 17.3. The molecule has 3 rings (SSSR count). The van der Waals surface area contributed by atoms with Crippen molar-refractivity contribution >= 4 is 11.4 Å². The molecular weight excluding hydrogens is 497 g/mol. The summed E-state index contributed by atoms with van der Waals surface area (Å²) in [6, 6.07) is 4.25. The van der Waals surface area contributed by atoms with Crippen LogP contribution in [0.25, 0.3) is 0 Å². The predicted molar refractivity (Wildman–Crippen MR) is 103 cm³/mol. The molecule has 0 aliphatic carbocycles. The summed E-state index contributed by atoms with van der Waals surface area (Å²) in [5.41, 5.74) is -6.55. The lowest BCUT2D eigenvalue weighted by molar-refractivity contribution is -0.143. The molecule has 1 heterocycles. The number of anilines is 1. The van der Waals surface area contributed by atoms with Crippen LogP contribution in [-0.2, 0) is 18.5 Å². The molecule has 3 unspecified atom stereocenters. The van der Waals surface area contributed by atoms with Gasteiger partial charge in [0.2, 0.25) is 0 Å². The molecule has 0 bridgehead atoms. The van der Waals surface area contributed by atoms with Crippen molar-refractivity contribution in [2.24, 2.45) is 11.0 Å². The van der Waals surface area contributed by atoms with E-state index >= 15 is 0 Å². The van der Waals surface area contributed by atoms with E-state index in [1.165, 1.54) is 13.0 Å². The average molecular weight is 511 g/mol. The summed E-state index contributed by atoms with van der Waals surface area (Å²) in [4.78, 5) is 0. The monoisotopic (exact) mass is 511 g/mol. The van der Waals surface area contributed by atoms with Crippen molar-refractivity contribution < 1.29 is 49.7 Å². The molecular formula is C21H14F9N3O2. The first-order valence-corrected chi connectivity index (χ1v) is 9.55. The third-order valence-electron chi connectivity index (χ3n) is 5.16. The Balaban J connectivity index is 2.07. The van der Waals surface area contributed by atoms with E-state index in [2.05, 4.69) is 5.10 Å². The minimum absolute atomic E-state index is 0.0763. The Hall–Kier alpha value is -3.31. The Labute approximate surface area is 191 Å². The zero-order valence-corrected chi connectivity index (χ0v) is 17.3. The highest BCUT2D eigenvalue weighted by Crippen LogP contribution is 2.42. The van der Waals surface area contributed by atoms with Crippen molar-refractivity contribution in [2.45, 2.75) is 37.8 Å². The molecule has 0 aromatic heterocycles. The predicted octanol–water partition coefficient (Wildman–Crippen LogP) is 5.42. The normalized spacial score (nSPS) is 20.0. The molecule has 14 heteroatoms. The van der Waals surface area contributed by atoms with Gasteiger partial charge < -0.3 is 10.2 Å². The van der Waals surface area contributed by atoms with Crippen LogP contribution in [0.4, 0.5) is 45.2 Å². The lowest BCUT2D eigenvalue weighted by Gasteiger charge is -2.27. The van der Waals surface area contributed by atoms with Crippen LogP contribution < -0.4 is 5.01 Å². The number of alkyl halides is 9. The van der Waals surface area contributed by atoms with Crippen molar-refractivity contribution in [3.63, 3.8) is 0 Å². The van der Waals surface area contributed by atoms with Crippen molar-refractivity contribution in [1.82, 2.24) is 0 Å². The first-order chi connectivity index (χ1) is 15.9. The number of nitriles is 1. The molecule has 35 heavy (non-hydrogen) atoms. The molecule has 5 nitrogen and oxygen atoms in total. The second kappa shape index (κ2) is 8.72. The van der Waals surface area contributed by atoms with Gasteiger partial charge in [0, 0.05) is 0 Å². The molecule has 0 fully saturated rings. The molecule has 0 saturated heterocycles. The minimum atomic E-state index is -5.22. The molecule has 0 radical (unpaired) electrons. The average Bonchev–Trinajstić information content (AvgIpc) is 3.06.